The van der Waals surface area contributed by atoms with Crippen LogP contribution in [0.5, 0.6) is 0 Å². The summed E-state index contributed by atoms with van der Waals surface area (Å²) in [4.78, 5) is 11.1. The average Bonchev–Trinajstić information content (AvgIpc) is 2.77. The Morgan fingerprint density at radius 1 is 1.38 bits per heavy atom. The van der Waals surface area contributed by atoms with E-state index in [2.05, 4.69) is 17.3 Å². The Bertz CT molecular complexity index is 507. The molecule has 1 N–H and O–H groups in total. The zero-order chi connectivity index (χ0) is 15.6. The minimum atomic E-state index is -0.332. The Labute approximate surface area is 124 Å². The molecular formula is C14H24N4O3. The third kappa shape index (κ3) is 3.34. The predicted octanol–water partition coefficient (Wildman–Crippen LogP) is 2.68. The quantitative estimate of drug-likeness (QED) is 0.667. The molecule has 7 heteroatoms. The summed E-state index contributed by atoms with van der Waals surface area (Å²) in [6.45, 7) is 7.44. The summed E-state index contributed by atoms with van der Waals surface area (Å²) in [5.74, 6) is 0.990. The number of hydrogen-bond donors (Lipinski definition) is 1. The summed E-state index contributed by atoms with van der Waals surface area (Å²) in [6.07, 6.45) is 1.97. The van der Waals surface area contributed by atoms with Gasteiger partial charge in [-0.05, 0) is 25.7 Å². The Morgan fingerprint density at radius 3 is 2.52 bits per heavy atom. The second-order valence-corrected chi connectivity index (χ2v) is 6.00. The van der Waals surface area contributed by atoms with Crippen LogP contribution >= 0.6 is 0 Å². The van der Waals surface area contributed by atoms with Crippen molar-refractivity contribution in [1.82, 2.24) is 9.78 Å². The van der Waals surface area contributed by atoms with Gasteiger partial charge in [0.25, 0.3) is 0 Å². The van der Waals surface area contributed by atoms with Crippen molar-refractivity contribution >= 4 is 11.5 Å². The zero-order valence-corrected chi connectivity index (χ0v) is 13.1. The van der Waals surface area contributed by atoms with Gasteiger partial charge in [0.15, 0.2) is 0 Å². The predicted molar refractivity (Wildman–Crippen MR) is 80.6 cm³/mol. The summed E-state index contributed by atoms with van der Waals surface area (Å²) in [7, 11) is 1.75. The number of hydrogen-bond acceptors (Lipinski definition) is 5. The van der Waals surface area contributed by atoms with Gasteiger partial charge >= 0.3 is 5.69 Å². The number of ether oxygens (including phenoxy) is 1. The fourth-order valence-electron chi connectivity index (χ4n) is 2.81. The summed E-state index contributed by atoms with van der Waals surface area (Å²) in [6, 6.07) is 0.156. The number of aryl methyl sites for hydroxylation is 1. The summed E-state index contributed by atoms with van der Waals surface area (Å²) in [5.41, 5.74) is 0.635. The van der Waals surface area contributed by atoms with Crippen LogP contribution in [-0.4, -0.2) is 34.0 Å². The fourth-order valence-corrected chi connectivity index (χ4v) is 2.81. The molecule has 0 aromatic carbocycles. The molecule has 1 fully saturated rings. The number of anilines is 1. The third-order valence-corrected chi connectivity index (χ3v) is 4.12. The van der Waals surface area contributed by atoms with E-state index in [1.807, 2.05) is 13.8 Å². The van der Waals surface area contributed by atoms with Crippen molar-refractivity contribution in [3.05, 3.63) is 15.8 Å². The van der Waals surface area contributed by atoms with E-state index in [9.17, 15) is 10.1 Å². The highest BCUT2D eigenvalue weighted by molar-refractivity contribution is 5.61. The first-order valence-electron chi connectivity index (χ1n) is 7.47. The molecule has 0 bridgehead atoms. The van der Waals surface area contributed by atoms with Crippen LogP contribution in [0.3, 0.4) is 0 Å². The second kappa shape index (κ2) is 6.43. The number of nitro groups is 1. The lowest BCUT2D eigenvalue weighted by Gasteiger charge is -2.28. The molecule has 0 saturated carbocycles. The maximum Gasteiger partial charge on any atom is 0.334 e. The standard InChI is InChI=1S/C14H24N4O3/c1-9(2)12-13(18(19)20)14(17(4)16-12)15-10(3)11-5-7-21-8-6-11/h9-11,15H,5-8H2,1-4H3. The largest absolute Gasteiger partial charge is 0.381 e. The highest BCUT2D eigenvalue weighted by Crippen LogP contribution is 2.34. The smallest absolute Gasteiger partial charge is 0.334 e. The SMILES string of the molecule is CC(C)c1nn(C)c(NC(C)C2CCOCC2)c1[N+](=O)[O-]. The highest BCUT2D eigenvalue weighted by Gasteiger charge is 2.30. The first-order chi connectivity index (χ1) is 9.91. The normalized spacial score (nSPS) is 18.0. The zero-order valence-electron chi connectivity index (χ0n) is 13.1. The highest BCUT2D eigenvalue weighted by atomic mass is 16.6. The minimum absolute atomic E-state index is 0.0190. The van der Waals surface area contributed by atoms with Crippen molar-refractivity contribution in [1.29, 1.82) is 0 Å². The molecule has 0 aliphatic carbocycles. The lowest BCUT2D eigenvalue weighted by atomic mass is 9.93. The topological polar surface area (TPSA) is 82.2 Å². The van der Waals surface area contributed by atoms with Crippen LogP contribution in [0.15, 0.2) is 0 Å². The maximum absolute atomic E-state index is 11.4. The molecule has 0 spiro atoms. The lowest BCUT2D eigenvalue weighted by Crippen LogP contribution is -2.31. The Morgan fingerprint density at radius 2 is 2.00 bits per heavy atom. The average molecular weight is 296 g/mol. The molecule has 1 aromatic rings. The minimum Gasteiger partial charge on any atom is -0.381 e. The molecule has 21 heavy (non-hydrogen) atoms. The molecule has 0 amide bonds. The van der Waals surface area contributed by atoms with E-state index in [1.54, 1.807) is 11.7 Å². The second-order valence-electron chi connectivity index (χ2n) is 6.00. The van der Waals surface area contributed by atoms with Gasteiger partial charge in [0, 0.05) is 32.2 Å². The molecule has 1 aromatic heterocycles. The van der Waals surface area contributed by atoms with Crippen LogP contribution in [0.2, 0.25) is 0 Å². The molecule has 1 unspecified atom stereocenters. The molecule has 1 aliphatic rings. The third-order valence-electron chi connectivity index (χ3n) is 4.12. The number of nitrogens with zero attached hydrogens (tertiary/aromatic N) is 3. The maximum atomic E-state index is 11.4. The molecule has 1 atom stereocenters. The monoisotopic (exact) mass is 296 g/mol. The van der Waals surface area contributed by atoms with Gasteiger partial charge in [-0.3, -0.25) is 10.1 Å². The van der Waals surface area contributed by atoms with E-state index in [4.69, 9.17) is 4.74 Å². The van der Waals surface area contributed by atoms with Gasteiger partial charge in [0.05, 0.1) is 4.92 Å². The summed E-state index contributed by atoms with van der Waals surface area (Å²) in [5, 5.41) is 19.0. The molecule has 7 nitrogen and oxygen atoms in total. The van der Waals surface area contributed by atoms with Crippen LogP contribution < -0.4 is 5.32 Å². The van der Waals surface area contributed by atoms with Crippen LogP contribution in [0.1, 0.15) is 45.2 Å². The van der Waals surface area contributed by atoms with Gasteiger partial charge in [-0.15, -0.1) is 0 Å². The van der Waals surface area contributed by atoms with Crippen LogP contribution in [0, 0.1) is 16.0 Å². The molecule has 1 aliphatic heterocycles. The van der Waals surface area contributed by atoms with E-state index in [0.29, 0.717) is 17.4 Å². The molecule has 2 heterocycles. The van der Waals surface area contributed by atoms with Crippen molar-refractivity contribution in [2.75, 3.05) is 18.5 Å². The van der Waals surface area contributed by atoms with Crippen molar-refractivity contribution in [2.24, 2.45) is 13.0 Å². The number of rotatable bonds is 5. The Kier molecular flexibility index (Phi) is 4.82. The molecule has 0 radical (unpaired) electrons. The number of nitrogens with one attached hydrogen (secondary N) is 1. The van der Waals surface area contributed by atoms with Crippen molar-refractivity contribution in [3.8, 4) is 0 Å². The van der Waals surface area contributed by atoms with Crippen molar-refractivity contribution in [2.45, 2.75) is 45.6 Å². The van der Waals surface area contributed by atoms with Gasteiger partial charge in [-0.2, -0.15) is 5.10 Å². The van der Waals surface area contributed by atoms with Gasteiger partial charge in [0.2, 0.25) is 5.82 Å². The van der Waals surface area contributed by atoms with Crippen molar-refractivity contribution in [3.63, 3.8) is 0 Å². The molecular weight excluding hydrogens is 272 g/mol. The Balaban J connectivity index is 2.24. The van der Waals surface area contributed by atoms with Gasteiger partial charge < -0.3 is 10.1 Å². The molecule has 1 saturated heterocycles. The van der Waals surface area contributed by atoms with Gasteiger partial charge in [-0.1, -0.05) is 13.8 Å². The van der Waals surface area contributed by atoms with E-state index in [-0.39, 0.29) is 22.6 Å². The van der Waals surface area contributed by atoms with E-state index < -0.39 is 0 Å². The lowest BCUT2D eigenvalue weighted by molar-refractivity contribution is -0.384. The first kappa shape index (κ1) is 15.8. The van der Waals surface area contributed by atoms with Crippen LogP contribution in [0.25, 0.3) is 0 Å². The van der Waals surface area contributed by atoms with E-state index >= 15 is 0 Å². The number of aromatic nitrogens is 2. The Hall–Kier alpha value is -1.63. The van der Waals surface area contributed by atoms with Gasteiger partial charge in [-0.25, -0.2) is 4.68 Å². The van der Waals surface area contributed by atoms with Crippen LogP contribution in [-0.2, 0) is 11.8 Å². The van der Waals surface area contributed by atoms with Crippen molar-refractivity contribution < 1.29 is 9.66 Å². The molecule has 2 rings (SSSR count). The fraction of sp³-hybridized carbons (Fsp3) is 0.786. The molecule has 118 valence electrons. The first-order valence-corrected chi connectivity index (χ1v) is 7.47. The summed E-state index contributed by atoms with van der Waals surface area (Å²) >= 11 is 0. The summed E-state index contributed by atoms with van der Waals surface area (Å²) < 4.78 is 6.95. The van der Waals surface area contributed by atoms with Crippen LogP contribution in [0.4, 0.5) is 11.5 Å². The van der Waals surface area contributed by atoms with Gasteiger partial charge in [0.1, 0.15) is 5.69 Å². The van der Waals surface area contributed by atoms with E-state index in [1.165, 1.54) is 0 Å². The van der Waals surface area contributed by atoms with E-state index in [0.717, 1.165) is 26.1 Å².